The topological polar surface area (TPSA) is 520 Å². The van der Waals surface area contributed by atoms with E-state index in [1.807, 2.05) is 0 Å². The predicted molar refractivity (Wildman–Crippen MR) is 261 cm³/mol. The molecule has 5 aromatic carbocycles. The number of phenols is 2. The second kappa shape index (κ2) is 22.3. The van der Waals surface area contributed by atoms with Gasteiger partial charge in [-0.25, -0.2) is 25.2 Å². The van der Waals surface area contributed by atoms with Crippen LogP contribution in [-0.2, 0) is 79.2 Å². The summed E-state index contributed by atoms with van der Waals surface area (Å²) in [5.74, 6) is -5.79. The highest BCUT2D eigenvalue weighted by Crippen LogP contribution is 2.44. The van der Waals surface area contributed by atoms with Gasteiger partial charge in [0, 0.05) is 17.1 Å². The van der Waals surface area contributed by atoms with Gasteiger partial charge in [0.25, 0.3) is 30.4 Å². The van der Waals surface area contributed by atoms with Gasteiger partial charge < -0.3 is 25.6 Å². The molecule has 0 aliphatic heterocycles. The maximum absolute atomic E-state index is 13.0. The monoisotopic (exact) mass is 1230 g/mol. The molecule has 0 aliphatic carbocycles. The Morgan fingerprint density at radius 1 is 0.558 bits per heavy atom. The van der Waals surface area contributed by atoms with E-state index in [2.05, 4.69) is 54.4 Å². The fourth-order valence-corrected chi connectivity index (χ4v) is 11.4. The number of hydrogen-bond acceptors (Lipinski definition) is 28. The zero-order valence-electron chi connectivity index (χ0n) is 37.7. The van der Waals surface area contributed by atoms with E-state index in [0.717, 1.165) is 43.5 Å². The maximum Gasteiger partial charge on any atom is 0.397 e. The number of azo groups is 2. The minimum absolute atomic E-state index is 0.0405. The van der Waals surface area contributed by atoms with Crippen LogP contribution in [0.25, 0.3) is 10.8 Å². The quantitative estimate of drug-likeness (QED) is 0.0259. The Balaban J connectivity index is 1.32. The number of aromatic hydroxyl groups is 2. The first-order valence-electron chi connectivity index (χ1n) is 19.8. The van der Waals surface area contributed by atoms with Gasteiger partial charge in [-0.15, -0.1) is 15.3 Å². The van der Waals surface area contributed by atoms with Crippen LogP contribution in [0.3, 0.4) is 0 Å². The fourth-order valence-electron chi connectivity index (χ4n) is 6.24. The van der Waals surface area contributed by atoms with Crippen molar-refractivity contribution >= 4 is 139 Å². The predicted octanol–water partition coefficient (Wildman–Crippen LogP) is 4.34. The van der Waals surface area contributed by atoms with E-state index in [-0.39, 0.29) is 27.9 Å². The Morgan fingerprint density at radius 3 is 1.70 bits per heavy atom. The highest BCUT2D eigenvalue weighted by Gasteiger charge is 2.28. The molecule has 0 spiro atoms. The van der Waals surface area contributed by atoms with Gasteiger partial charge in [-0.05, 0) is 77.7 Å². The van der Waals surface area contributed by atoms with Crippen molar-refractivity contribution in [3.05, 3.63) is 78.1 Å². The standard InChI is InChI=1S/C36H32ClN9O24S7/c1-68-27-16-25(28(73(53,54)55)17-24(27)44-43-20-3-2-4-21(13-20)71(49,50)9-7-69-76(62,63)64)45-46-31-29(74(56,57)58)12-18-11-19(5-6-23(18)32(31)47)38-35-40-34(37)41-36(42-35)39-26-14-22(15-30(33(26)48)75(59,60)61)72(51,52)10-8-70-77(65,66)67/h2-6,11-17,47-48H,7-10H2,1H3,(H,53,54,55)(H,56,57,58)(H,59,60,61)(H,62,63,64)(H,65,66,67)(H2,38,39,40,41,42). The summed E-state index contributed by atoms with van der Waals surface area (Å²) in [6.45, 7) is -2.09. The number of aromatic nitrogens is 3. The molecule has 6 aromatic rings. The first-order chi connectivity index (χ1) is 35.4. The van der Waals surface area contributed by atoms with E-state index in [9.17, 15) is 82.8 Å². The molecule has 0 amide bonds. The number of sulfone groups is 2. The molecule has 33 nitrogen and oxygen atoms in total. The average Bonchev–Trinajstić information content (AvgIpc) is 3.29. The van der Waals surface area contributed by atoms with Gasteiger partial charge >= 0.3 is 20.8 Å². The second-order valence-corrected chi connectivity index (χ2v) is 25.7. The third kappa shape index (κ3) is 15.5. The number of fused-ring (bicyclic) bond motifs is 1. The van der Waals surface area contributed by atoms with Gasteiger partial charge in [0.2, 0.25) is 17.2 Å². The molecule has 1 heterocycles. The van der Waals surface area contributed by atoms with Crippen molar-refractivity contribution in [3.63, 3.8) is 0 Å². The van der Waals surface area contributed by atoms with E-state index in [1.165, 1.54) is 18.2 Å². The molecule has 9 N–H and O–H groups in total. The van der Waals surface area contributed by atoms with Crippen LogP contribution < -0.4 is 15.4 Å². The summed E-state index contributed by atoms with van der Waals surface area (Å²) in [6, 6.07) is 11.3. The van der Waals surface area contributed by atoms with Crippen molar-refractivity contribution in [1.29, 1.82) is 0 Å². The number of phenolic OH excluding ortho intramolecular Hbond substituents is 2. The van der Waals surface area contributed by atoms with Crippen LogP contribution >= 0.6 is 11.6 Å². The summed E-state index contributed by atoms with van der Waals surface area (Å²) in [7, 11) is -33.9. The van der Waals surface area contributed by atoms with Gasteiger partial charge in [0.1, 0.15) is 37.5 Å². The van der Waals surface area contributed by atoms with Gasteiger partial charge in [-0.3, -0.25) is 22.8 Å². The lowest BCUT2D eigenvalue weighted by Crippen LogP contribution is -2.16. The summed E-state index contributed by atoms with van der Waals surface area (Å²) in [4.78, 5) is 6.70. The van der Waals surface area contributed by atoms with Crippen LogP contribution in [0.5, 0.6) is 17.2 Å². The van der Waals surface area contributed by atoms with Crippen molar-refractivity contribution in [1.82, 2.24) is 15.0 Å². The lowest BCUT2D eigenvalue weighted by molar-refractivity contribution is 0.282. The van der Waals surface area contributed by atoms with Crippen LogP contribution in [-0.4, -0.2) is 139 Å². The minimum atomic E-state index is -5.38. The minimum Gasteiger partial charge on any atom is -0.505 e. The molecule has 0 saturated carbocycles. The van der Waals surface area contributed by atoms with Gasteiger partial charge in [0.15, 0.2) is 31.2 Å². The van der Waals surface area contributed by atoms with Crippen LogP contribution in [0, 0.1) is 0 Å². The molecular formula is C36H32ClN9O24S7. The Kier molecular flexibility index (Phi) is 17.2. The molecule has 0 saturated heterocycles. The maximum atomic E-state index is 13.0. The second-order valence-electron chi connectivity index (χ2n) is 14.8. The highest BCUT2D eigenvalue weighted by molar-refractivity contribution is 7.92. The van der Waals surface area contributed by atoms with Crippen molar-refractivity contribution in [2.75, 3.05) is 42.5 Å². The molecule has 0 fully saturated rings. The van der Waals surface area contributed by atoms with Crippen LogP contribution in [0.4, 0.5) is 46.0 Å². The number of benzene rings is 5. The Bertz CT molecular complexity index is 4270. The number of halogens is 1. The van der Waals surface area contributed by atoms with Crippen molar-refractivity contribution in [3.8, 4) is 17.2 Å². The number of nitrogens with zero attached hydrogens (tertiary/aromatic N) is 7. The van der Waals surface area contributed by atoms with E-state index in [4.69, 9.17) is 25.4 Å². The van der Waals surface area contributed by atoms with Crippen LogP contribution in [0.1, 0.15) is 0 Å². The molecule has 41 heteroatoms. The summed E-state index contributed by atoms with van der Waals surface area (Å²) in [5.41, 5.74) is -3.19. The Labute approximate surface area is 439 Å². The summed E-state index contributed by atoms with van der Waals surface area (Å²) in [5, 5.41) is 41.1. The molecule has 0 atom stereocenters. The third-order valence-corrected chi connectivity index (χ3v) is 16.6. The zero-order valence-corrected chi connectivity index (χ0v) is 44.2. The summed E-state index contributed by atoms with van der Waals surface area (Å²) in [6.07, 6.45) is 0. The number of rotatable bonds is 22. The van der Waals surface area contributed by atoms with E-state index in [1.54, 1.807) is 0 Å². The van der Waals surface area contributed by atoms with Gasteiger partial charge in [-0.1, -0.05) is 6.07 Å². The number of anilines is 4. The number of ether oxygens (including phenoxy) is 1. The van der Waals surface area contributed by atoms with Crippen LogP contribution in [0.2, 0.25) is 5.28 Å². The number of hydrogen-bond donors (Lipinski definition) is 9. The molecule has 0 unspecified atom stereocenters. The smallest absolute Gasteiger partial charge is 0.397 e. The van der Waals surface area contributed by atoms with E-state index < -0.39 is 171 Å². The van der Waals surface area contributed by atoms with Crippen LogP contribution in [0.15, 0.2) is 118 Å². The van der Waals surface area contributed by atoms with E-state index in [0.29, 0.717) is 18.2 Å². The lowest BCUT2D eigenvalue weighted by atomic mass is 10.1. The van der Waals surface area contributed by atoms with Crippen molar-refractivity contribution in [2.45, 2.75) is 24.5 Å². The van der Waals surface area contributed by atoms with Gasteiger partial charge in [0.05, 0.1) is 53.0 Å². The first-order valence-corrected chi connectivity index (χ1v) is 30.6. The fraction of sp³-hybridized carbons (Fsp3) is 0.139. The molecule has 77 heavy (non-hydrogen) atoms. The molecule has 1 aromatic heterocycles. The normalized spacial score (nSPS) is 13.1. The molecule has 6 rings (SSSR count). The molecule has 0 aliphatic rings. The molecule has 0 radical (unpaired) electrons. The average molecular weight is 1230 g/mol. The first kappa shape index (κ1) is 59.5. The lowest BCUT2D eigenvalue weighted by Gasteiger charge is -2.14. The molecule has 0 bridgehead atoms. The molecular weight excluding hydrogens is 1200 g/mol. The van der Waals surface area contributed by atoms with Crippen molar-refractivity contribution < 1.29 is 105 Å². The number of methoxy groups -OCH3 is 1. The Morgan fingerprint density at radius 2 is 1.13 bits per heavy atom. The highest BCUT2D eigenvalue weighted by atomic mass is 35.5. The van der Waals surface area contributed by atoms with Crippen molar-refractivity contribution in [2.24, 2.45) is 20.5 Å². The van der Waals surface area contributed by atoms with Gasteiger partial charge in [-0.2, -0.15) is 62.2 Å². The third-order valence-electron chi connectivity index (χ3n) is 9.54. The van der Waals surface area contributed by atoms with E-state index >= 15 is 0 Å². The summed E-state index contributed by atoms with van der Waals surface area (Å²) < 4.78 is 231. The molecule has 414 valence electrons. The Hall–Kier alpha value is -6.77. The zero-order chi connectivity index (χ0) is 57.3. The summed E-state index contributed by atoms with van der Waals surface area (Å²) >= 11 is 6.07. The number of nitrogens with one attached hydrogen (secondary N) is 2. The largest absolute Gasteiger partial charge is 0.505 e. The SMILES string of the molecule is COc1cc(N=Nc2c(S(=O)(=O)O)cc3cc(Nc4nc(Cl)nc(Nc5cc(S(=O)(=O)CCOS(=O)(=O)O)cc(S(=O)(=O)O)c5O)n4)ccc3c2O)c(S(=O)(=O)O)cc1N=Nc1cccc(S(=O)(=O)CCOS(=O)(=O)O)c1.